The number of imidazole rings is 1. The van der Waals surface area contributed by atoms with E-state index in [-0.39, 0.29) is 5.91 Å². The lowest BCUT2D eigenvalue weighted by atomic mass is 10.1. The minimum atomic E-state index is -0.0137. The molecule has 25 heavy (non-hydrogen) atoms. The highest BCUT2D eigenvalue weighted by molar-refractivity contribution is 6.06. The third kappa shape index (κ3) is 2.30. The van der Waals surface area contributed by atoms with E-state index in [0.29, 0.717) is 12.1 Å². The third-order valence-electron chi connectivity index (χ3n) is 5.23. The van der Waals surface area contributed by atoms with Crippen molar-refractivity contribution in [1.82, 2.24) is 14.9 Å². The number of hydrogen-bond acceptors (Lipinski definition) is 3. The molecule has 0 radical (unpaired) electrons. The zero-order valence-electron chi connectivity index (χ0n) is 14.0. The van der Waals surface area contributed by atoms with E-state index in [4.69, 9.17) is 4.98 Å². The summed E-state index contributed by atoms with van der Waals surface area (Å²) in [5.41, 5.74) is 4.91. The van der Waals surface area contributed by atoms with Gasteiger partial charge < -0.3 is 14.8 Å². The van der Waals surface area contributed by atoms with Crippen LogP contribution in [-0.2, 0) is 6.54 Å². The van der Waals surface area contributed by atoms with Gasteiger partial charge in [0.2, 0.25) is 0 Å². The maximum Gasteiger partial charge on any atom is 0.253 e. The Balaban J connectivity index is 1.62. The van der Waals surface area contributed by atoms with E-state index in [9.17, 15) is 4.79 Å². The summed E-state index contributed by atoms with van der Waals surface area (Å²) in [6, 6.07) is 14.4. The molecule has 126 valence electrons. The van der Waals surface area contributed by atoms with Gasteiger partial charge in [-0.2, -0.15) is 0 Å². The summed E-state index contributed by atoms with van der Waals surface area (Å²) in [6.07, 6.45) is 2.56. The SMILES string of the molecule is O=C1NCCn2c(-c3ccc(N4CCCC4)cc3)nc3cccc1c32. The predicted molar refractivity (Wildman–Crippen MR) is 98.9 cm³/mol. The first-order valence-electron chi connectivity index (χ1n) is 8.94. The Bertz CT molecular complexity index is 952. The van der Waals surface area contributed by atoms with Gasteiger partial charge in [-0.25, -0.2) is 4.98 Å². The number of anilines is 1. The molecular weight excluding hydrogens is 312 g/mol. The van der Waals surface area contributed by atoms with Crippen LogP contribution >= 0.6 is 0 Å². The van der Waals surface area contributed by atoms with Crippen LogP contribution < -0.4 is 10.2 Å². The summed E-state index contributed by atoms with van der Waals surface area (Å²) < 4.78 is 2.17. The first kappa shape index (κ1) is 14.5. The molecule has 1 saturated heterocycles. The van der Waals surface area contributed by atoms with Gasteiger partial charge in [0.25, 0.3) is 5.91 Å². The van der Waals surface area contributed by atoms with Crippen molar-refractivity contribution in [3.8, 4) is 11.4 Å². The van der Waals surface area contributed by atoms with E-state index in [1.54, 1.807) is 0 Å². The van der Waals surface area contributed by atoms with Crippen molar-refractivity contribution in [2.75, 3.05) is 24.5 Å². The first-order chi connectivity index (χ1) is 12.3. The van der Waals surface area contributed by atoms with Gasteiger partial charge in [-0.05, 0) is 49.2 Å². The molecule has 5 rings (SSSR count). The van der Waals surface area contributed by atoms with E-state index < -0.39 is 0 Å². The van der Waals surface area contributed by atoms with Gasteiger partial charge in [-0.1, -0.05) is 6.07 Å². The molecule has 0 aliphatic carbocycles. The number of para-hydroxylation sites is 1. The second kappa shape index (κ2) is 5.62. The van der Waals surface area contributed by atoms with Gasteiger partial charge >= 0.3 is 0 Å². The number of hydrogen-bond donors (Lipinski definition) is 1. The Morgan fingerprint density at radius 1 is 0.960 bits per heavy atom. The lowest BCUT2D eigenvalue weighted by molar-refractivity contribution is 0.0956. The van der Waals surface area contributed by atoms with E-state index in [0.717, 1.165) is 42.1 Å². The molecular formula is C20H20N4O. The highest BCUT2D eigenvalue weighted by atomic mass is 16.1. The zero-order chi connectivity index (χ0) is 16.8. The fraction of sp³-hybridized carbons (Fsp3) is 0.300. The van der Waals surface area contributed by atoms with Gasteiger partial charge in [0.1, 0.15) is 5.82 Å². The van der Waals surface area contributed by atoms with Crippen LogP contribution in [0.2, 0.25) is 0 Å². The number of benzene rings is 2. The standard InChI is InChI=1S/C20H20N4O/c25-20-16-4-3-5-17-18(16)24(13-10-21-20)19(22-17)14-6-8-15(9-7-14)23-11-1-2-12-23/h3-9H,1-2,10-13H2,(H,21,25). The molecule has 1 aromatic heterocycles. The molecule has 2 aliphatic rings. The number of rotatable bonds is 2. The van der Waals surface area contributed by atoms with Crippen molar-refractivity contribution in [2.45, 2.75) is 19.4 Å². The van der Waals surface area contributed by atoms with Gasteiger partial charge in [0.05, 0.1) is 16.6 Å². The quantitative estimate of drug-likeness (QED) is 0.785. The van der Waals surface area contributed by atoms with Crippen molar-refractivity contribution in [2.24, 2.45) is 0 Å². The van der Waals surface area contributed by atoms with Crippen molar-refractivity contribution in [3.63, 3.8) is 0 Å². The molecule has 0 unspecified atom stereocenters. The highest BCUT2D eigenvalue weighted by Gasteiger charge is 2.21. The molecule has 5 nitrogen and oxygen atoms in total. The molecule has 0 spiro atoms. The second-order valence-corrected chi connectivity index (χ2v) is 6.76. The number of nitrogens with zero attached hydrogens (tertiary/aromatic N) is 3. The number of amides is 1. The van der Waals surface area contributed by atoms with Crippen LogP contribution in [0, 0.1) is 0 Å². The minimum Gasteiger partial charge on any atom is -0.372 e. The third-order valence-corrected chi connectivity index (χ3v) is 5.23. The Labute approximate surface area is 146 Å². The summed E-state index contributed by atoms with van der Waals surface area (Å²) in [6.45, 7) is 3.66. The van der Waals surface area contributed by atoms with E-state index in [2.05, 4.69) is 39.0 Å². The fourth-order valence-electron chi connectivity index (χ4n) is 3.98. The number of nitrogens with one attached hydrogen (secondary N) is 1. The normalized spacial score (nSPS) is 17.0. The monoisotopic (exact) mass is 332 g/mol. The van der Waals surface area contributed by atoms with Crippen LogP contribution in [0.3, 0.4) is 0 Å². The summed E-state index contributed by atoms with van der Waals surface area (Å²) in [7, 11) is 0. The molecule has 1 N–H and O–H groups in total. The van der Waals surface area contributed by atoms with Gasteiger partial charge in [0, 0.05) is 37.4 Å². The lowest BCUT2D eigenvalue weighted by Crippen LogP contribution is -2.24. The first-order valence-corrected chi connectivity index (χ1v) is 8.94. The Morgan fingerprint density at radius 3 is 2.56 bits per heavy atom. The number of carbonyl (C=O) groups excluding carboxylic acids is 1. The molecule has 2 aliphatic heterocycles. The summed E-state index contributed by atoms with van der Waals surface area (Å²) >= 11 is 0. The topological polar surface area (TPSA) is 50.2 Å². The van der Waals surface area contributed by atoms with Crippen LogP contribution in [0.25, 0.3) is 22.4 Å². The number of aromatic nitrogens is 2. The molecule has 3 aromatic rings. The molecule has 2 aromatic carbocycles. The average molecular weight is 332 g/mol. The molecule has 1 amide bonds. The highest BCUT2D eigenvalue weighted by Crippen LogP contribution is 2.30. The van der Waals surface area contributed by atoms with Crippen molar-refractivity contribution < 1.29 is 4.79 Å². The zero-order valence-corrected chi connectivity index (χ0v) is 14.0. The largest absolute Gasteiger partial charge is 0.372 e. The maximum absolute atomic E-state index is 12.3. The van der Waals surface area contributed by atoms with Gasteiger partial charge in [0.15, 0.2) is 0 Å². The van der Waals surface area contributed by atoms with E-state index in [1.165, 1.54) is 18.5 Å². The molecule has 0 bridgehead atoms. The van der Waals surface area contributed by atoms with Crippen LogP contribution in [0.15, 0.2) is 42.5 Å². The Kier molecular flexibility index (Phi) is 3.26. The van der Waals surface area contributed by atoms with Crippen molar-refractivity contribution >= 4 is 22.6 Å². The molecule has 3 heterocycles. The minimum absolute atomic E-state index is 0.0137. The Hall–Kier alpha value is -2.82. The molecule has 5 heteroatoms. The summed E-state index contributed by atoms with van der Waals surface area (Å²) in [5, 5.41) is 2.97. The lowest BCUT2D eigenvalue weighted by Gasteiger charge is -2.17. The van der Waals surface area contributed by atoms with Crippen LogP contribution in [-0.4, -0.2) is 35.1 Å². The number of carbonyl (C=O) groups is 1. The van der Waals surface area contributed by atoms with Gasteiger partial charge in [-0.15, -0.1) is 0 Å². The summed E-state index contributed by atoms with van der Waals surface area (Å²) in [5.74, 6) is 0.923. The average Bonchev–Trinajstić information content (AvgIpc) is 3.26. The fourth-order valence-corrected chi connectivity index (χ4v) is 3.98. The van der Waals surface area contributed by atoms with Crippen LogP contribution in [0.4, 0.5) is 5.69 Å². The second-order valence-electron chi connectivity index (χ2n) is 6.76. The molecule has 1 fully saturated rings. The van der Waals surface area contributed by atoms with Crippen molar-refractivity contribution in [1.29, 1.82) is 0 Å². The Morgan fingerprint density at radius 2 is 1.76 bits per heavy atom. The predicted octanol–water partition coefficient (Wildman–Crippen LogP) is 3.05. The molecule has 0 saturated carbocycles. The molecule has 0 atom stereocenters. The van der Waals surface area contributed by atoms with E-state index in [1.807, 2.05) is 18.2 Å². The van der Waals surface area contributed by atoms with Crippen LogP contribution in [0.1, 0.15) is 23.2 Å². The maximum atomic E-state index is 12.3. The smallest absolute Gasteiger partial charge is 0.253 e. The summed E-state index contributed by atoms with van der Waals surface area (Å²) in [4.78, 5) is 19.5. The van der Waals surface area contributed by atoms with Gasteiger partial charge in [-0.3, -0.25) is 4.79 Å². The van der Waals surface area contributed by atoms with Crippen LogP contribution in [0.5, 0.6) is 0 Å². The van der Waals surface area contributed by atoms with E-state index >= 15 is 0 Å². The van der Waals surface area contributed by atoms with Crippen molar-refractivity contribution in [3.05, 3.63) is 48.0 Å².